The Bertz CT molecular complexity index is 2770. The highest BCUT2D eigenvalue weighted by atomic mass is 32.2. The number of benzene rings is 6. The maximum absolute atomic E-state index is 12.9. The van der Waals surface area contributed by atoms with Crippen molar-refractivity contribution in [2.45, 2.75) is 61.6 Å². The highest BCUT2D eigenvalue weighted by Crippen LogP contribution is 2.32. The monoisotopic (exact) mass is 918 g/mol. The number of alkyl halides is 3. The molecule has 0 heterocycles. The number of aryl methyl sites for hydroxylation is 4. The Kier molecular flexibility index (Phi) is 16.5. The van der Waals surface area contributed by atoms with Crippen LogP contribution in [0.4, 0.5) is 24.5 Å². The van der Waals surface area contributed by atoms with E-state index >= 15 is 0 Å². The van der Waals surface area contributed by atoms with Crippen molar-refractivity contribution in [1.82, 2.24) is 0 Å². The lowest BCUT2D eigenvalue weighted by molar-refractivity contribution is -0.275. The van der Waals surface area contributed by atoms with Crippen molar-refractivity contribution in [3.05, 3.63) is 179 Å². The van der Waals surface area contributed by atoms with Gasteiger partial charge in [0.2, 0.25) is 0 Å². The minimum Gasteiger partial charge on any atom is -0.494 e. The van der Waals surface area contributed by atoms with Crippen molar-refractivity contribution in [2.75, 3.05) is 16.1 Å². The number of carbonyl (C=O) groups is 2. The van der Waals surface area contributed by atoms with Crippen molar-refractivity contribution >= 4 is 43.4 Å². The summed E-state index contributed by atoms with van der Waals surface area (Å²) in [5.41, 5.74) is 3.65. The van der Waals surface area contributed by atoms with Crippen LogP contribution in [0.15, 0.2) is 155 Å². The third-order valence-corrected chi connectivity index (χ3v) is 12.4. The predicted octanol–water partition coefficient (Wildman–Crippen LogP) is 10.0. The smallest absolute Gasteiger partial charge is 0.494 e. The molecule has 0 radical (unpaired) electrons. The topological polar surface area (TPSA) is 185 Å². The molecule has 0 unspecified atom stereocenters. The van der Waals surface area contributed by atoms with Gasteiger partial charge in [-0.3, -0.25) is 9.44 Å². The lowest BCUT2D eigenvalue weighted by atomic mass is 9.99. The minimum atomic E-state index is -5.05. The number of hydrogen-bond donors (Lipinski definition) is 4. The van der Waals surface area contributed by atoms with E-state index in [-0.39, 0.29) is 21.7 Å². The second-order valence-corrected chi connectivity index (χ2v) is 17.5. The van der Waals surface area contributed by atoms with Crippen LogP contribution in [0.25, 0.3) is 0 Å². The standard InChI is InChI=1S/C25H27NO5S.C22H18F3NO5S/c1-2-3-18-31-21-14-16-22(17-15-21)32(29,30)26-24-11-7-5-9-20(24)13-12-19-8-4-6-10-23(19)25(27)28;23-22(24,25)31-19-11-5-6-12-20(19)32(29,30)26-18-10-4-2-8-16(18)14-13-15-7-1-3-9-17(15)21(27)28/h4-11,14-17,26H,2-3,12-13,18H2,1H3,(H,27,28);1-12,26H,13-14H2,(H,27,28). The van der Waals surface area contributed by atoms with E-state index in [1.54, 1.807) is 84.9 Å². The zero-order chi connectivity index (χ0) is 46.3. The molecule has 0 aliphatic carbocycles. The fourth-order valence-corrected chi connectivity index (χ4v) is 8.77. The highest BCUT2D eigenvalue weighted by molar-refractivity contribution is 7.93. The van der Waals surface area contributed by atoms with Gasteiger partial charge in [-0.25, -0.2) is 26.4 Å². The maximum atomic E-state index is 12.9. The number of ether oxygens (including phenoxy) is 2. The van der Waals surface area contributed by atoms with E-state index in [0.29, 0.717) is 60.4 Å². The first-order valence-corrected chi connectivity index (χ1v) is 22.9. The van der Waals surface area contributed by atoms with Gasteiger partial charge in [0.15, 0.2) is 0 Å². The fourth-order valence-electron chi connectivity index (χ4n) is 6.44. The summed E-state index contributed by atoms with van der Waals surface area (Å²) in [6, 6.07) is 37.6. The molecule has 0 aliphatic heterocycles. The normalized spacial score (nSPS) is 11.4. The highest BCUT2D eigenvalue weighted by Gasteiger charge is 2.34. The quantitative estimate of drug-likeness (QED) is 0.0570. The molecule has 0 amide bonds. The van der Waals surface area contributed by atoms with E-state index in [1.165, 1.54) is 36.4 Å². The number of carboxylic acid groups (broad SMARTS) is 2. The predicted molar refractivity (Wildman–Crippen MR) is 236 cm³/mol. The van der Waals surface area contributed by atoms with E-state index in [0.717, 1.165) is 30.5 Å². The molecule has 4 N–H and O–H groups in total. The molecule has 6 aromatic rings. The molecule has 0 atom stereocenters. The minimum absolute atomic E-state index is 0.142. The Morgan fingerprint density at radius 1 is 0.562 bits per heavy atom. The van der Waals surface area contributed by atoms with E-state index in [2.05, 4.69) is 21.1 Å². The summed E-state index contributed by atoms with van der Waals surface area (Å²) in [6.07, 6.45) is -1.51. The van der Waals surface area contributed by atoms with Gasteiger partial charge in [-0.15, -0.1) is 13.2 Å². The molecule has 17 heteroatoms. The Morgan fingerprint density at radius 2 is 0.984 bits per heavy atom. The molecule has 0 aromatic heterocycles. The number of para-hydroxylation sites is 3. The third kappa shape index (κ3) is 13.8. The summed E-state index contributed by atoms with van der Waals surface area (Å²) in [5, 5.41) is 18.7. The molecule has 0 spiro atoms. The van der Waals surface area contributed by atoms with Gasteiger partial charge < -0.3 is 19.7 Å². The van der Waals surface area contributed by atoms with Crippen LogP contribution in [0.5, 0.6) is 11.5 Å². The summed E-state index contributed by atoms with van der Waals surface area (Å²) in [4.78, 5) is 22.3. The Hall–Kier alpha value is -6.85. The summed E-state index contributed by atoms with van der Waals surface area (Å²) in [5.74, 6) is -2.26. The summed E-state index contributed by atoms with van der Waals surface area (Å²) in [7, 11) is -8.19. The number of hydrogen-bond acceptors (Lipinski definition) is 8. The molecule has 12 nitrogen and oxygen atoms in total. The molecule has 0 saturated carbocycles. The van der Waals surface area contributed by atoms with Crippen molar-refractivity contribution in [1.29, 1.82) is 0 Å². The number of halogens is 3. The average molecular weight is 919 g/mol. The third-order valence-electron chi connectivity index (χ3n) is 9.61. The van der Waals surface area contributed by atoms with Crippen molar-refractivity contribution in [2.24, 2.45) is 0 Å². The molecule has 0 fully saturated rings. The Balaban J connectivity index is 0.000000241. The van der Waals surface area contributed by atoms with Crippen molar-refractivity contribution in [3.63, 3.8) is 0 Å². The fraction of sp³-hybridized carbons (Fsp3) is 0.191. The molecule has 6 rings (SSSR count). The van der Waals surface area contributed by atoms with E-state index in [1.807, 2.05) is 12.1 Å². The lowest BCUT2D eigenvalue weighted by Gasteiger charge is -2.16. The molecule has 0 bridgehead atoms. The molecule has 0 aliphatic rings. The largest absolute Gasteiger partial charge is 0.573 e. The van der Waals surface area contributed by atoms with Gasteiger partial charge in [0, 0.05) is 0 Å². The van der Waals surface area contributed by atoms with E-state index < -0.39 is 49.0 Å². The number of unbranched alkanes of at least 4 members (excludes halogenated alkanes) is 1. The second-order valence-electron chi connectivity index (χ2n) is 14.1. The van der Waals surface area contributed by atoms with Crippen LogP contribution in [-0.2, 0) is 45.7 Å². The molecule has 64 heavy (non-hydrogen) atoms. The zero-order valence-corrected chi connectivity index (χ0v) is 36.0. The van der Waals surface area contributed by atoms with E-state index in [4.69, 9.17) is 4.74 Å². The van der Waals surface area contributed by atoms with Crippen LogP contribution in [0.3, 0.4) is 0 Å². The number of rotatable bonds is 19. The number of anilines is 2. The number of carboxylic acids is 2. The Morgan fingerprint density at radius 3 is 1.47 bits per heavy atom. The zero-order valence-electron chi connectivity index (χ0n) is 34.4. The van der Waals surface area contributed by atoms with Gasteiger partial charge in [-0.1, -0.05) is 98.3 Å². The SMILES string of the molecule is CCCCOc1ccc(S(=O)(=O)Nc2ccccc2CCc2ccccc2C(=O)O)cc1.O=C(O)c1ccccc1CCc1ccccc1NS(=O)(=O)c1ccccc1OC(F)(F)F. The van der Waals surface area contributed by atoms with Crippen LogP contribution < -0.4 is 18.9 Å². The molecule has 6 aromatic carbocycles. The average Bonchev–Trinajstić information content (AvgIpc) is 3.26. The van der Waals surface area contributed by atoms with Crippen LogP contribution in [0.2, 0.25) is 0 Å². The number of aromatic carboxylic acids is 2. The molecular formula is C47H45F3N2O10S2. The van der Waals surface area contributed by atoms with Crippen LogP contribution in [0.1, 0.15) is 62.7 Å². The Labute approximate surface area is 369 Å². The van der Waals surface area contributed by atoms with Gasteiger partial charge in [0.1, 0.15) is 16.4 Å². The molecule has 0 saturated heterocycles. The lowest BCUT2D eigenvalue weighted by Crippen LogP contribution is -2.21. The van der Waals surface area contributed by atoms with Crippen LogP contribution >= 0.6 is 0 Å². The first-order chi connectivity index (χ1) is 30.5. The number of sulfonamides is 2. The molecule has 336 valence electrons. The van der Waals surface area contributed by atoms with Crippen molar-refractivity contribution in [3.8, 4) is 11.5 Å². The summed E-state index contributed by atoms with van der Waals surface area (Å²) in [6.45, 7) is 2.67. The first-order valence-electron chi connectivity index (χ1n) is 19.9. The van der Waals surface area contributed by atoms with Gasteiger partial charge in [-0.05, 0) is 115 Å². The van der Waals surface area contributed by atoms with Gasteiger partial charge in [0.25, 0.3) is 20.0 Å². The first kappa shape index (κ1) is 48.2. The number of nitrogens with one attached hydrogen (secondary N) is 2. The summed E-state index contributed by atoms with van der Waals surface area (Å²) < 4.78 is 104. The summed E-state index contributed by atoms with van der Waals surface area (Å²) >= 11 is 0. The van der Waals surface area contributed by atoms with E-state index in [9.17, 15) is 49.8 Å². The second kappa shape index (κ2) is 22.0. The van der Waals surface area contributed by atoms with Crippen LogP contribution in [-0.4, -0.2) is 52.0 Å². The van der Waals surface area contributed by atoms with Crippen molar-refractivity contribution < 1.29 is 59.3 Å². The van der Waals surface area contributed by atoms with Gasteiger partial charge in [-0.2, -0.15) is 0 Å². The van der Waals surface area contributed by atoms with Gasteiger partial charge >= 0.3 is 18.3 Å². The van der Waals surface area contributed by atoms with Gasteiger partial charge in [0.05, 0.1) is 34.0 Å². The maximum Gasteiger partial charge on any atom is 0.573 e. The molecular weight excluding hydrogens is 874 g/mol. The van der Waals surface area contributed by atoms with Crippen LogP contribution in [0, 0.1) is 0 Å².